The highest BCUT2D eigenvalue weighted by atomic mass is 35.7. The molecule has 1 saturated carbocycles. The molecule has 0 aromatic rings. The maximum absolute atomic E-state index is 12.9. The molecule has 1 aliphatic carbocycles. The molecule has 0 unspecified atom stereocenters. The molecule has 0 heterocycles. The topological polar surface area (TPSA) is 34.1 Å². The summed E-state index contributed by atoms with van der Waals surface area (Å²) in [5.74, 6) is -3.14. The monoisotopic (exact) mass is 218 g/mol. The first-order valence-corrected chi connectivity index (χ1v) is 6.02. The number of hydrogen-bond donors (Lipinski definition) is 0. The van der Waals surface area contributed by atoms with Crippen LogP contribution < -0.4 is 0 Å². The molecule has 72 valence electrons. The predicted molar refractivity (Wildman–Crippen MR) is 42.0 cm³/mol. The van der Waals surface area contributed by atoms with Gasteiger partial charge in [0, 0.05) is 17.1 Å². The first-order chi connectivity index (χ1) is 5.34. The Hall–Kier alpha value is 0.1000. The smallest absolute Gasteiger partial charge is 0.212 e. The minimum Gasteiger partial charge on any atom is -0.212 e. The van der Waals surface area contributed by atoms with E-state index in [1.54, 1.807) is 0 Å². The third-order valence-electron chi connectivity index (χ3n) is 2.04. The van der Waals surface area contributed by atoms with Crippen LogP contribution in [0.2, 0.25) is 0 Å². The lowest BCUT2D eigenvalue weighted by molar-refractivity contribution is -0.0289. The minimum absolute atomic E-state index is 0.0289. The van der Waals surface area contributed by atoms with Gasteiger partial charge in [-0.1, -0.05) is 6.42 Å². The second-order valence-electron chi connectivity index (χ2n) is 2.97. The SMILES string of the molecule is O=S(=O)(Cl)[C@H]1CCCCC1(F)F. The van der Waals surface area contributed by atoms with Crippen molar-refractivity contribution >= 4 is 19.7 Å². The Morgan fingerprint density at radius 1 is 1.33 bits per heavy atom. The third-order valence-corrected chi connectivity index (χ3v) is 3.94. The van der Waals surface area contributed by atoms with Crippen molar-refractivity contribution < 1.29 is 17.2 Å². The molecule has 2 nitrogen and oxygen atoms in total. The molecular weight excluding hydrogens is 210 g/mol. The molecule has 12 heavy (non-hydrogen) atoms. The molecule has 0 spiro atoms. The normalized spacial score (nSPS) is 30.1. The molecule has 0 aromatic carbocycles. The van der Waals surface area contributed by atoms with Crippen LogP contribution in [0.5, 0.6) is 0 Å². The molecule has 1 aliphatic rings. The highest BCUT2D eigenvalue weighted by Crippen LogP contribution is 2.38. The maximum Gasteiger partial charge on any atom is 0.265 e. The number of rotatable bonds is 1. The molecule has 6 heteroatoms. The zero-order chi connectivity index (χ0) is 9.41. The van der Waals surface area contributed by atoms with Gasteiger partial charge in [-0.25, -0.2) is 17.2 Å². The van der Waals surface area contributed by atoms with Crippen molar-refractivity contribution in [2.24, 2.45) is 0 Å². The summed E-state index contributed by atoms with van der Waals surface area (Å²) >= 11 is 0. The van der Waals surface area contributed by atoms with Crippen LogP contribution in [0, 0.1) is 0 Å². The van der Waals surface area contributed by atoms with Crippen LogP contribution in [-0.4, -0.2) is 19.6 Å². The average molecular weight is 219 g/mol. The van der Waals surface area contributed by atoms with Crippen LogP contribution in [0.4, 0.5) is 8.78 Å². The summed E-state index contributed by atoms with van der Waals surface area (Å²) in [6.07, 6.45) is 0.477. The summed E-state index contributed by atoms with van der Waals surface area (Å²) in [7, 11) is 0.777. The molecule has 0 saturated heterocycles. The van der Waals surface area contributed by atoms with Gasteiger partial charge in [0.1, 0.15) is 5.25 Å². The van der Waals surface area contributed by atoms with Crippen molar-refractivity contribution in [3.63, 3.8) is 0 Å². The number of hydrogen-bond acceptors (Lipinski definition) is 2. The van der Waals surface area contributed by atoms with Crippen LogP contribution in [-0.2, 0) is 9.05 Å². The molecule has 0 aromatic heterocycles. The molecule has 1 rings (SSSR count). The van der Waals surface area contributed by atoms with E-state index in [4.69, 9.17) is 10.7 Å². The molecule has 0 bridgehead atoms. The van der Waals surface area contributed by atoms with Gasteiger partial charge in [-0.2, -0.15) is 0 Å². The molecule has 1 atom stereocenters. The Kier molecular flexibility index (Phi) is 2.63. The van der Waals surface area contributed by atoms with Gasteiger partial charge in [-0.3, -0.25) is 0 Å². The molecule has 0 N–H and O–H groups in total. The van der Waals surface area contributed by atoms with E-state index < -0.39 is 20.2 Å². The van der Waals surface area contributed by atoms with E-state index in [1.165, 1.54) is 0 Å². The van der Waals surface area contributed by atoms with Crippen LogP contribution in [0.1, 0.15) is 25.7 Å². The van der Waals surface area contributed by atoms with Crippen LogP contribution >= 0.6 is 10.7 Å². The summed E-state index contributed by atoms with van der Waals surface area (Å²) in [6.45, 7) is 0. The van der Waals surface area contributed by atoms with E-state index in [1.807, 2.05) is 0 Å². The Morgan fingerprint density at radius 2 is 1.92 bits per heavy atom. The Morgan fingerprint density at radius 3 is 2.25 bits per heavy atom. The summed E-state index contributed by atoms with van der Waals surface area (Å²) in [6, 6.07) is 0. The van der Waals surface area contributed by atoms with Crippen LogP contribution in [0.15, 0.2) is 0 Å². The Bertz CT molecular complexity index is 263. The van der Waals surface area contributed by atoms with E-state index in [9.17, 15) is 17.2 Å². The van der Waals surface area contributed by atoms with Gasteiger partial charge < -0.3 is 0 Å². The average Bonchev–Trinajstić information content (AvgIpc) is 1.83. The highest BCUT2D eigenvalue weighted by Gasteiger charge is 2.48. The lowest BCUT2D eigenvalue weighted by atomic mass is 9.96. The van der Waals surface area contributed by atoms with Gasteiger partial charge in [0.25, 0.3) is 5.92 Å². The van der Waals surface area contributed by atoms with Gasteiger partial charge in [0.15, 0.2) is 0 Å². The standard InChI is InChI=1S/C6H9ClF2O2S/c7-12(10,11)5-3-1-2-4-6(5,8)9/h5H,1-4H2/t5-/m0/s1. The first-order valence-electron chi connectivity index (χ1n) is 3.65. The van der Waals surface area contributed by atoms with E-state index >= 15 is 0 Å². The van der Waals surface area contributed by atoms with Crippen molar-refractivity contribution in [2.75, 3.05) is 0 Å². The summed E-state index contributed by atoms with van der Waals surface area (Å²) < 4.78 is 47.2. The summed E-state index contributed by atoms with van der Waals surface area (Å²) in [5, 5.41) is -1.68. The lowest BCUT2D eigenvalue weighted by Gasteiger charge is -2.28. The van der Waals surface area contributed by atoms with Crippen LogP contribution in [0.3, 0.4) is 0 Å². The minimum atomic E-state index is -4.11. The van der Waals surface area contributed by atoms with Crippen molar-refractivity contribution in [1.29, 1.82) is 0 Å². The largest absolute Gasteiger partial charge is 0.265 e. The summed E-state index contributed by atoms with van der Waals surface area (Å²) in [4.78, 5) is 0. The van der Waals surface area contributed by atoms with Gasteiger partial charge >= 0.3 is 0 Å². The van der Waals surface area contributed by atoms with E-state index in [0.717, 1.165) is 0 Å². The maximum atomic E-state index is 12.9. The molecular formula is C6H9ClF2O2S. The molecule has 0 radical (unpaired) electrons. The second kappa shape index (κ2) is 3.10. The van der Waals surface area contributed by atoms with E-state index in [2.05, 4.69) is 0 Å². The molecule has 0 amide bonds. The fourth-order valence-corrected chi connectivity index (χ4v) is 3.05. The van der Waals surface area contributed by atoms with Gasteiger partial charge in [-0.05, 0) is 12.8 Å². The number of halogens is 3. The fourth-order valence-electron chi connectivity index (χ4n) is 1.41. The fraction of sp³-hybridized carbons (Fsp3) is 1.00. The van der Waals surface area contributed by atoms with E-state index in [0.29, 0.717) is 12.8 Å². The number of alkyl halides is 2. The van der Waals surface area contributed by atoms with Gasteiger partial charge in [0.05, 0.1) is 0 Å². The molecule has 0 aliphatic heterocycles. The highest BCUT2D eigenvalue weighted by molar-refractivity contribution is 8.14. The van der Waals surface area contributed by atoms with Crippen molar-refractivity contribution in [1.82, 2.24) is 0 Å². The van der Waals surface area contributed by atoms with Gasteiger partial charge in [0.2, 0.25) is 9.05 Å². The van der Waals surface area contributed by atoms with Crippen molar-refractivity contribution in [3.05, 3.63) is 0 Å². The summed E-state index contributed by atoms with van der Waals surface area (Å²) in [5.41, 5.74) is 0. The van der Waals surface area contributed by atoms with Gasteiger partial charge in [-0.15, -0.1) is 0 Å². The quantitative estimate of drug-likeness (QED) is 0.632. The zero-order valence-corrected chi connectivity index (χ0v) is 7.84. The van der Waals surface area contributed by atoms with Crippen molar-refractivity contribution in [2.45, 2.75) is 36.9 Å². The van der Waals surface area contributed by atoms with Crippen LogP contribution in [0.25, 0.3) is 0 Å². The predicted octanol–water partition coefficient (Wildman–Crippen LogP) is 2.13. The second-order valence-corrected chi connectivity index (χ2v) is 5.78. The van der Waals surface area contributed by atoms with E-state index in [-0.39, 0.29) is 12.8 Å². The Balaban J connectivity index is 2.88. The van der Waals surface area contributed by atoms with Crippen molar-refractivity contribution in [3.8, 4) is 0 Å². The zero-order valence-electron chi connectivity index (χ0n) is 6.26. The third kappa shape index (κ3) is 2.07. The Labute approximate surface area is 74.3 Å². The first kappa shape index (κ1) is 10.2. The molecule has 1 fully saturated rings. The lowest BCUT2D eigenvalue weighted by Crippen LogP contribution is -2.40.